The maximum Gasteiger partial charge on any atom is 0.317 e. The quantitative estimate of drug-likeness (QED) is 0.645. The third-order valence-electron chi connectivity index (χ3n) is 5.63. The van der Waals surface area contributed by atoms with Crippen molar-refractivity contribution in [2.45, 2.75) is 64.1 Å². The van der Waals surface area contributed by atoms with Gasteiger partial charge in [0.25, 0.3) is 5.91 Å². The zero-order chi connectivity index (χ0) is 22.6. The summed E-state index contributed by atoms with van der Waals surface area (Å²) in [6.45, 7) is 6.95. The van der Waals surface area contributed by atoms with Gasteiger partial charge >= 0.3 is 6.03 Å². The number of methoxy groups -OCH3 is 1. The predicted octanol–water partition coefficient (Wildman–Crippen LogP) is 2.29. The molecule has 1 aliphatic heterocycles. The van der Waals surface area contributed by atoms with Crippen LogP contribution in [0.15, 0.2) is 24.3 Å². The minimum atomic E-state index is -0.622. The number of nitrogens with zero attached hydrogens (tertiary/aromatic N) is 1. The lowest BCUT2D eigenvalue weighted by atomic mass is 9.88. The number of amides is 4. The van der Waals surface area contributed by atoms with Gasteiger partial charge < -0.3 is 25.6 Å². The smallest absolute Gasteiger partial charge is 0.317 e. The molecule has 1 saturated heterocycles. The van der Waals surface area contributed by atoms with Crippen LogP contribution in [0.3, 0.4) is 0 Å². The Morgan fingerprint density at radius 1 is 1.03 bits per heavy atom. The summed E-state index contributed by atoms with van der Waals surface area (Å²) in [6.07, 6.45) is 3.28. The third kappa shape index (κ3) is 6.60. The van der Waals surface area contributed by atoms with Crippen LogP contribution in [0.25, 0.3) is 0 Å². The van der Waals surface area contributed by atoms with Gasteiger partial charge in [-0.3, -0.25) is 9.59 Å². The van der Waals surface area contributed by atoms with E-state index in [1.807, 2.05) is 20.8 Å². The van der Waals surface area contributed by atoms with Crippen molar-refractivity contribution in [3.05, 3.63) is 29.8 Å². The minimum Gasteiger partial charge on any atom is -0.497 e. The van der Waals surface area contributed by atoms with Crippen LogP contribution in [-0.2, 0) is 4.79 Å². The van der Waals surface area contributed by atoms with Crippen molar-refractivity contribution in [1.82, 2.24) is 20.9 Å². The Labute approximate surface area is 184 Å². The monoisotopic (exact) mass is 430 g/mol. The van der Waals surface area contributed by atoms with Gasteiger partial charge in [0.05, 0.1) is 7.11 Å². The van der Waals surface area contributed by atoms with Gasteiger partial charge in [-0.2, -0.15) is 0 Å². The van der Waals surface area contributed by atoms with E-state index < -0.39 is 6.04 Å². The molecule has 8 nitrogen and oxygen atoms in total. The first kappa shape index (κ1) is 22.9. The van der Waals surface area contributed by atoms with Gasteiger partial charge in [0.1, 0.15) is 11.8 Å². The van der Waals surface area contributed by atoms with Gasteiger partial charge in [-0.05, 0) is 76.6 Å². The average Bonchev–Trinajstić information content (AvgIpc) is 3.54. The number of hydrogen-bond acceptors (Lipinski definition) is 4. The number of nitrogens with one attached hydrogen (secondary N) is 3. The Hall–Kier alpha value is -2.77. The molecule has 4 amide bonds. The van der Waals surface area contributed by atoms with Crippen LogP contribution in [0, 0.1) is 5.92 Å². The molecule has 1 aromatic carbocycles. The zero-order valence-electron chi connectivity index (χ0n) is 18.9. The van der Waals surface area contributed by atoms with Crippen LogP contribution in [0.4, 0.5) is 4.79 Å². The predicted molar refractivity (Wildman–Crippen MR) is 118 cm³/mol. The first-order valence-electron chi connectivity index (χ1n) is 11.0. The van der Waals surface area contributed by atoms with E-state index in [1.165, 1.54) is 0 Å². The highest BCUT2D eigenvalue weighted by Crippen LogP contribution is 2.24. The number of ether oxygens (including phenoxy) is 1. The number of piperidine rings is 1. The SMILES string of the molecule is COc1ccc(C(=O)N[C@@H](C(=O)NC2CC2)C2CCN(C(=O)NC(C)(C)C)CC2)cc1. The van der Waals surface area contributed by atoms with Gasteiger partial charge in [-0.25, -0.2) is 4.79 Å². The zero-order valence-corrected chi connectivity index (χ0v) is 18.9. The summed E-state index contributed by atoms with van der Waals surface area (Å²) in [5, 5.41) is 8.95. The van der Waals surface area contributed by atoms with Crippen molar-refractivity contribution in [2.24, 2.45) is 5.92 Å². The molecule has 0 unspecified atom stereocenters. The molecule has 1 aromatic rings. The maximum absolute atomic E-state index is 12.9. The van der Waals surface area contributed by atoms with Crippen LogP contribution in [0.2, 0.25) is 0 Å². The van der Waals surface area contributed by atoms with Crippen LogP contribution in [-0.4, -0.2) is 60.6 Å². The molecule has 8 heteroatoms. The number of carbonyl (C=O) groups is 3. The molecule has 2 fully saturated rings. The first-order chi connectivity index (χ1) is 14.7. The second kappa shape index (κ2) is 9.58. The van der Waals surface area contributed by atoms with Crippen molar-refractivity contribution in [2.75, 3.05) is 20.2 Å². The largest absolute Gasteiger partial charge is 0.497 e. The van der Waals surface area contributed by atoms with Gasteiger partial charge in [0.2, 0.25) is 5.91 Å². The molecule has 1 atom stereocenters. The summed E-state index contributed by atoms with van der Waals surface area (Å²) < 4.78 is 5.14. The summed E-state index contributed by atoms with van der Waals surface area (Å²) in [5.41, 5.74) is 0.180. The fourth-order valence-electron chi connectivity index (χ4n) is 3.72. The summed E-state index contributed by atoms with van der Waals surface area (Å²) >= 11 is 0. The topological polar surface area (TPSA) is 99.8 Å². The lowest BCUT2D eigenvalue weighted by Gasteiger charge is -2.37. The molecule has 1 saturated carbocycles. The Bertz CT molecular complexity index is 791. The Kier molecular flexibility index (Phi) is 7.08. The third-order valence-corrected chi connectivity index (χ3v) is 5.63. The summed E-state index contributed by atoms with van der Waals surface area (Å²) in [6, 6.07) is 6.31. The molecule has 3 N–H and O–H groups in total. The van der Waals surface area contributed by atoms with Crippen molar-refractivity contribution in [3.8, 4) is 5.75 Å². The van der Waals surface area contributed by atoms with Crippen LogP contribution in [0.1, 0.15) is 56.8 Å². The molecule has 3 rings (SSSR count). The molecule has 0 spiro atoms. The van der Waals surface area contributed by atoms with Crippen LogP contribution < -0.4 is 20.7 Å². The molecule has 0 radical (unpaired) electrons. The van der Waals surface area contributed by atoms with Crippen molar-refractivity contribution >= 4 is 17.8 Å². The molecule has 170 valence electrons. The van der Waals surface area contributed by atoms with E-state index in [4.69, 9.17) is 4.74 Å². The Morgan fingerprint density at radius 2 is 1.65 bits per heavy atom. The van der Waals surface area contributed by atoms with Gasteiger partial charge in [0, 0.05) is 30.2 Å². The van der Waals surface area contributed by atoms with Crippen molar-refractivity contribution in [1.29, 1.82) is 0 Å². The minimum absolute atomic E-state index is 0.0281. The molecule has 0 bridgehead atoms. The summed E-state index contributed by atoms with van der Waals surface area (Å²) in [7, 11) is 1.57. The first-order valence-corrected chi connectivity index (χ1v) is 11.0. The normalized spacial score (nSPS) is 18.1. The average molecular weight is 431 g/mol. The Morgan fingerprint density at radius 3 is 2.16 bits per heavy atom. The standard InChI is InChI=1S/C23H34N4O4/c1-23(2,3)26-22(30)27-13-11-15(12-14-27)19(21(29)24-17-7-8-17)25-20(28)16-5-9-18(31-4)10-6-16/h5-6,9-10,15,17,19H,7-8,11-14H2,1-4H3,(H,24,29)(H,25,28)(H,26,30)/t19-/m1/s1. The van der Waals surface area contributed by atoms with E-state index in [0.717, 1.165) is 12.8 Å². The molecule has 1 heterocycles. The number of benzene rings is 1. The van der Waals surface area contributed by atoms with Crippen LogP contribution in [0.5, 0.6) is 5.75 Å². The van der Waals surface area contributed by atoms with Crippen LogP contribution >= 0.6 is 0 Å². The summed E-state index contributed by atoms with van der Waals surface area (Å²) in [4.78, 5) is 40.0. The molecular weight excluding hydrogens is 396 g/mol. The number of urea groups is 1. The Balaban J connectivity index is 1.64. The molecular formula is C23H34N4O4. The lowest BCUT2D eigenvalue weighted by molar-refractivity contribution is -0.124. The van der Waals surface area contributed by atoms with Crippen molar-refractivity contribution < 1.29 is 19.1 Å². The number of carbonyl (C=O) groups excluding carboxylic acids is 3. The molecule has 1 aliphatic carbocycles. The van der Waals surface area contributed by atoms with E-state index in [1.54, 1.807) is 36.3 Å². The lowest BCUT2D eigenvalue weighted by Crippen LogP contribution is -2.56. The van der Waals surface area contributed by atoms with E-state index in [9.17, 15) is 14.4 Å². The highest BCUT2D eigenvalue weighted by atomic mass is 16.5. The number of rotatable bonds is 6. The summed E-state index contributed by atoms with van der Waals surface area (Å²) in [5.74, 6) is 0.216. The molecule has 31 heavy (non-hydrogen) atoms. The van der Waals surface area contributed by atoms with Gasteiger partial charge in [-0.15, -0.1) is 0 Å². The van der Waals surface area contributed by atoms with E-state index in [-0.39, 0.29) is 35.3 Å². The second-order valence-corrected chi connectivity index (χ2v) is 9.47. The number of hydrogen-bond donors (Lipinski definition) is 3. The fraction of sp³-hybridized carbons (Fsp3) is 0.609. The van der Waals surface area contributed by atoms with E-state index >= 15 is 0 Å². The fourth-order valence-corrected chi connectivity index (χ4v) is 3.72. The van der Waals surface area contributed by atoms with E-state index in [2.05, 4.69) is 16.0 Å². The number of likely N-dealkylation sites (tertiary alicyclic amines) is 1. The van der Waals surface area contributed by atoms with Gasteiger partial charge in [-0.1, -0.05) is 0 Å². The van der Waals surface area contributed by atoms with E-state index in [0.29, 0.717) is 37.2 Å². The van der Waals surface area contributed by atoms with Crippen molar-refractivity contribution in [3.63, 3.8) is 0 Å². The highest BCUT2D eigenvalue weighted by Gasteiger charge is 2.36. The molecule has 0 aromatic heterocycles. The highest BCUT2D eigenvalue weighted by molar-refractivity contribution is 5.97. The molecule has 2 aliphatic rings. The maximum atomic E-state index is 12.9. The van der Waals surface area contributed by atoms with Gasteiger partial charge in [0.15, 0.2) is 0 Å². The second-order valence-electron chi connectivity index (χ2n) is 9.47.